The van der Waals surface area contributed by atoms with E-state index in [2.05, 4.69) is 68.5 Å². The molecule has 180 valence electrons. The summed E-state index contributed by atoms with van der Waals surface area (Å²) in [6, 6.07) is 15.2. The average Bonchev–Trinajstić information content (AvgIpc) is 3.81. The molecule has 0 saturated carbocycles. The van der Waals surface area contributed by atoms with Crippen LogP contribution < -0.4 is 9.47 Å². The van der Waals surface area contributed by atoms with Gasteiger partial charge in [0.25, 0.3) is 0 Å². The van der Waals surface area contributed by atoms with Gasteiger partial charge in [-0.3, -0.25) is 0 Å². The Bertz CT molecular complexity index is 1030. The third-order valence-electron chi connectivity index (χ3n) is 6.98. The molecule has 2 saturated heterocycles. The van der Waals surface area contributed by atoms with Gasteiger partial charge in [0.05, 0.1) is 13.2 Å². The van der Waals surface area contributed by atoms with Crippen LogP contribution in [0.25, 0.3) is 11.1 Å². The van der Waals surface area contributed by atoms with E-state index in [0.29, 0.717) is 19.1 Å². The summed E-state index contributed by atoms with van der Waals surface area (Å²) in [6.45, 7) is 7.50. The van der Waals surface area contributed by atoms with E-state index in [1.807, 2.05) is 0 Å². The maximum Gasteiger partial charge on any atom is 0.122 e. The Balaban J connectivity index is 1.27. The van der Waals surface area contributed by atoms with Crippen molar-refractivity contribution >= 4 is 11.1 Å². The van der Waals surface area contributed by atoms with Crippen molar-refractivity contribution < 1.29 is 18.9 Å². The van der Waals surface area contributed by atoms with Crippen LogP contribution in [0.3, 0.4) is 0 Å². The second-order valence-electron chi connectivity index (χ2n) is 9.57. The number of ether oxygens (including phenoxy) is 4. The molecule has 0 aromatic heterocycles. The Morgan fingerprint density at radius 3 is 2.03 bits per heavy atom. The topological polar surface area (TPSA) is 43.5 Å². The van der Waals surface area contributed by atoms with Crippen molar-refractivity contribution in [3.05, 3.63) is 71.3 Å². The van der Waals surface area contributed by atoms with Gasteiger partial charge in [0, 0.05) is 0 Å². The fraction of sp³-hybridized carbons (Fsp3) is 0.467. The van der Waals surface area contributed by atoms with E-state index in [9.17, 15) is 0 Å². The zero-order valence-corrected chi connectivity index (χ0v) is 20.4. The van der Waals surface area contributed by atoms with Crippen LogP contribution in [-0.4, -0.2) is 38.6 Å². The predicted molar refractivity (Wildman–Crippen MR) is 136 cm³/mol. The van der Waals surface area contributed by atoms with E-state index in [1.54, 1.807) is 0 Å². The number of epoxide rings is 2. The molecule has 0 N–H and O–H groups in total. The molecule has 0 radical (unpaired) electrons. The maximum atomic E-state index is 6.18. The second kappa shape index (κ2) is 10.8. The van der Waals surface area contributed by atoms with E-state index in [0.717, 1.165) is 44.0 Å². The molecule has 1 aliphatic carbocycles. The lowest BCUT2D eigenvalue weighted by Crippen LogP contribution is -2.08. The minimum atomic E-state index is 0.274. The first kappa shape index (κ1) is 23.2. The van der Waals surface area contributed by atoms with Crippen LogP contribution in [-0.2, 0) is 9.47 Å². The van der Waals surface area contributed by atoms with E-state index in [1.165, 1.54) is 40.7 Å². The molecule has 4 heteroatoms. The molecule has 34 heavy (non-hydrogen) atoms. The average molecular weight is 461 g/mol. The molecule has 2 heterocycles. The van der Waals surface area contributed by atoms with Crippen LogP contribution in [0.15, 0.2) is 54.6 Å². The molecule has 5 rings (SSSR count). The van der Waals surface area contributed by atoms with Gasteiger partial charge < -0.3 is 18.9 Å². The molecular formula is C30H36O4. The van der Waals surface area contributed by atoms with Gasteiger partial charge in [0.2, 0.25) is 0 Å². The van der Waals surface area contributed by atoms with Crippen LogP contribution >= 0.6 is 0 Å². The molecule has 0 spiro atoms. The number of hydrogen-bond donors (Lipinski definition) is 0. The van der Waals surface area contributed by atoms with Gasteiger partial charge in [-0.05, 0) is 83.7 Å². The SMILES string of the molecule is CCCC(CC)c1cc(C2=CCC(c3ccc(OCC4CO4)cc3)=CC2)ccc1OCC1CO1. The highest BCUT2D eigenvalue weighted by Gasteiger charge is 2.25. The molecule has 3 unspecified atom stereocenters. The minimum absolute atomic E-state index is 0.274. The van der Waals surface area contributed by atoms with Crippen LogP contribution in [0.5, 0.6) is 11.5 Å². The monoisotopic (exact) mass is 460 g/mol. The lowest BCUT2D eigenvalue weighted by atomic mass is 9.86. The van der Waals surface area contributed by atoms with E-state index in [-0.39, 0.29) is 12.2 Å². The van der Waals surface area contributed by atoms with E-state index < -0.39 is 0 Å². The van der Waals surface area contributed by atoms with Gasteiger partial charge in [-0.1, -0.05) is 50.6 Å². The van der Waals surface area contributed by atoms with Crippen molar-refractivity contribution in [1.82, 2.24) is 0 Å². The predicted octanol–water partition coefficient (Wildman–Crippen LogP) is 6.80. The zero-order valence-electron chi connectivity index (χ0n) is 20.4. The van der Waals surface area contributed by atoms with E-state index >= 15 is 0 Å². The maximum absolute atomic E-state index is 6.18. The van der Waals surface area contributed by atoms with Crippen molar-refractivity contribution in [1.29, 1.82) is 0 Å². The molecule has 0 bridgehead atoms. The molecule has 3 atom stereocenters. The molecular weight excluding hydrogens is 424 g/mol. The third kappa shape index (κ3) is 5.92. The number of benzene rings is 2. The summed E-state index contributed by atoms with van der Waals surface area (Å²) >= 11 is 0. The number of hydrogen-bond acceptors (Lipinski definition) is 4. The van der Waals surface area contributed by atoms with Gasteiger partial charge in [0.1, 0.15) is 36.9 Å². The first-order chi connectivity index (χ1) is 16.7. The van der Waals surface area contributed by atoms with Gasteiger partial charge in [0.15, 0.2) is 0 Å². The van der Waals surface area contributed by atoms with Crippen molar-refractivity contribution in [3.8, 4) is 11.5 Å². The quantitative estimate of drug-likeness (QED) is 0.327. The largest absolute Gasteiger partial charge is 0.491 e. The summed E-state index contributed by atoms with van der Waals surface area (Å²) in [4.78, 5) is 0. The highest BCUT2D eigenvalue weighted by Crippen LogP contribution is 2.38. The Kier molecular flexibility index (Phi) is 7.36. The summed E-state index contributed by atoms with van der Waals surface area (Å²) in [6.07, 6.45) is 10.7. The van der Waals surface area contributed by atoms with Crippen molar-refractivity contribution in [2.45, 2.75) is 64.1 Å². The number of allylic oxidation sites excluding steroid dienone is 4. The molecule has 2 fully saturated rings. The van der Waals surface area contributed by atoms with Crippen molar-refractivity contribution in [2.24, 2.45) is 0 Å². The Hall–Kier alpha value is -2.56. The van der Waals surface area contributed by atoms with Crippen LogP contribution in [0.4, 0.5) is 0 Å². The first-order valence-electron chi connectivity index (χ1n) is 12.8. The minimum Gasteiger partial charge on any atom is -0.491 e. The van der Waals surface area contributed by atoms with Crippen LogP contribution in [0.1, 0.15) is 68.6 Å². The van der Waals surface area contributed by atoms with Crippen LogP contribution in [0, 0.1) is 0 Å². The Morgan fingerprint density at radius 1 is 0.824 bits per heavy atom. The Morgan fingerprint density at radius 2 is 1.44 bits per heavy atom. The third-order valence-corrected chi connectivity index (χ3v) is 6.98. The first-order valence-corrected chi connectivity index (χ1v) is 12.8. The van der Waals surface area contributed by atoms with Gasteiger partial charge in [-0.15, -0.1) is 0 Å². The van der Waals surface area contributed by atoms with Gasteiger partial charge in [-0.2, -0.15) is 0 Å². The fourth-order valence-corrected chi connectivity index (χ4v) is 4.70. The smallest absolute Gasteiger partial charge is 0.122 e. The van der Waals surface area contributed by atoms with Gasteiger partial charge >= 0.3 is 0 Å². The highest BCUT2D eigenvalue weighted by molar-refractivity contribution is 5.78. The van der Waals surface area contributed by atoms with Crippen molar-refractivity contribution in [2.75, 3.05) is 26.4 Å². The van der Waals surface area contributed by atoms with Crippen LogP contribution in [0.2, 0.25) is 0 Å². The molecule has 2 aromatic carbocycles. The zero-order chi connectivity index (χ0) is 23.3. The lowest BCUT2D eigenvalue weighted by molar-refractivity contribution is 0.259. The molecule has 2 aromatic rings. The molecule has 4 nitrogen and oxygen atoms in total. The number of rotatable bonds is 12. The summed E-state index contributed by atoms with van der Waals surface area (Å²) in [5, 5.41) is 0. The van der Waals surface area contributed by atoms with Crippen molar-refractivity contribution in [3.63, 3.8) is 0 Å². The standard InChI is InChI=1S/C30H36O4/c1-3-5-21(4-2)29-16-25(12-15-30(29)34-20-28-19-33-28)24-8-6-22(7-9-24)23-10-13-26(14-11-23)31-17-27-18-32-27/h6,9-16,21,27-28H,3-5,7-8,17-20H2,1-2H3. The van der Waals surface area contributed by atoms with Gasteiger partial charge in [-0.25, -0.2) is 0 Å². The summed E-state index contributed by atoms with van der Waals surface area (Å²) in [5.74, 6) is 2.47. The molecule has 3 aliphatic rings. The second-order valence-corrected chi connectivity index (χ2v) is 9.57. The lowest BCUT2D eigenvalue weighted by Gasteiger charge is -2.21. The normalized spacial score (nSPS) is 21.9. The highest BCUT2D eigenvalue weighted by atomic mass is 16.6. The fourth-order valence-electron chi connectivity index (χ4n) is 4.70. The van der Waals surface area contributed by atoms with E-state index in [4.69, 9.17) is 18.9 Å². The molecule has 0 amide bonds. The summed E-state index contributed by atoms with van der Waals surface area (Å²) in [7, 11) is 0. The summed E-state index contributed by atoms with van der Waals surface area (Å²) in [5.41, 5.74) is 6.72. The summed E-state index contributed by atoms with van der Waals surface area (Å²) < 4.78 is 22.5. The molecule has 2 aliphatic heterocycles. The Labute approximate surface area is 203 Å².